The molecule has 1 aromatic heterocycles. The first kappa shape index (κ1) is 26.8. The number of aromatic nitrogens is 1. The number of hydrogen-bond donors (Lipinski definition) is 0. The van der Waals surface area contributed by atoms with Crippen LogP contribution in [0.5, 0.6) is 0 Å². The van der Waals surface area contributed by atoms with Crippen molar-refractivity contribution in [2.45, 2.75) is 5.51 Å². The number of nitrogens with zero attached hydrogens (tertiary/aromatic N) is 1. The fourth-order valence-electron chi connectivity index (χ4n) is 5.01. The number of hydrogen-bond acceptors (Lipinski definition) is 4. The van der Waals surface area contributed by atoms with E-state index in [-0.39, 0.29) is 21.2 Å². The summed E-state index contributed by atoms with van der Waals surface area (Å²) in [4.78, 5) is 4.29. The van der Waals surface area contributed by atoms with E-state index in [1.807, 2.05) is 6.07 Å². The second-order valence-corrected chi connectivity index (χ2v) is 14.8. The van der Waals surface area contributed by atoms with E-state index < -0.39 is 22.5 Å². The second-order valence-electron chi connectivity index (χ2n) is 8.78. The van der Waals surface area contributed by atoms with Gasteiger partial charge in [0.15, 0.2) is 0 Å². The van der Waals surface area contributed by atoms with Gasteiger partial charge in [0.1, 0.15) is 0 Å². The van der Waals surface area contributed by atoms with Gasteiger partial charge in [0.05, 0.1) is 0 Å². The Hall–Kier alpha value is -3.84. The summed E-state index contributed by atoms with van der Waals surface area (Å²) in [7, 11) is -6.17. The van der Waals surface area contributed by atoms with Crippen LogP contribution in [0.4, 0.5) is 13.2 Å². The molecule has 5 rings (SSSR count). The number of benzene rings is 4. The van der Waals surface area contributed by atoms with Gasteiger partial charge < -0.3 is 0 Å². The SMILES string of the molecule is O=S(=O)(OP(c1ccccc1)(c1ccccc1)(c1ccccc1)c1ccncc1-c1ccccc1)C(F)(F)F. The van der Waals surface area contributed by atoms with Crippen LogP contribution in [-0.4, -0.2) is 18.9 Å². The van der Waals surface area contributed by atoms with Crippen LogP contribution in [0.3, 0.4) is 0 Å². The van der Waals surface area contributed by atoms with Crippen molar-refractivity contribution in [1.29, 1.82) is 0 Å². The van der Waals surface area contributed by atoms with Crippen molar-refractivity contribution in [2.24, 2.45) is 0 Å². The molecular formula is C30H23F3NO3PS. The maximum atomic E-state index is 14.3. The predicted molar refractivity (Wildman–Crippen MR) is 151 cm³/mol. The molecule has 0 aliphatic rings. The first-order valence-corrected chi connectivity index (χ1v) is 15.5. The monoisotopic (exact) mass is 565 g/mol. The van der Waals surface area contributed by atoms with Gasteiger partial charge in [-0.2, -0.15) is 0 Å². The number of halogens is 3. The van der Waals surface area contributed by atoms with Gasteiger partial charge in [-0.15, -0.1) is 0 Å². The second kappa shape index (κ2) is 10.0. The van der Waals surface area contributed by atoms with E-state index in [1.165, 1.54) is 12.4 Å². The van der Waals surface area contributed by atoms with Gasteiger partial charge >= 0.3 is 225 Å². The summed E-state index contributed by atoms with van der Waals surface area (Å²) in [6.45, 7) is -5.21. The Kier molecular flexibility index (Phi) is 6.89. The topological polar surface area (TPSA) is 56.3 Å². The molecule has 0 bridgehead atoms. The number of pyridine rings is 1. The van der Waals surface area contributed by atoms with Crippen LogP contribution >= 0.6 is 6.83 Å². The zero-order valence-corrected chi connectivity index (χ0v) is 22.2. The molecule has 0 saturated heterocycles. The average Bonchev–Trinajstić information content (AvgIpc) is 2.97. The fourth-order valence-corrected chi connectivity index (χ4v) is 13.2. The minimum absolute atomic E-state index is 0.277. The third-order valence-corrected chi connectivity index (χ3v) is 14.3. The van der Waals surface area contributed by atoms with Crippen LogP contribution in [0.25, 0.3) is 11.1 Å². The summed E-state index contributed by atoms with van der Waals surface area (Å²) in [5, 5.41) is 1.14. The van der Waals surface area contributed by atoms with Gasteiger partial charge in [-0.3, -0.25) is 0 Å². The van der Waals surface area contributed by atoms with Crippen molar-refractivity contribution < 1.29 is 25.6 Å². The molecule has 0 spiro atoms. The summed E-state index contributed by atoms with van der Waals surface area (Å²) in [5.74, 6) is 0. The van der Waals surface area contributed by atoms with Gasteiger partial charge in [0.25, 0.3) is 0 Å². The van der Waals surface area contributed by atoms with Gasteiger partial charge in [-0.1, -0.05) is 0 Å². The molecule has 0 radical (unpaired) electrons. The van der Waals surface area contributed by atoms with Crippen LogP contribution in [0.15, 0.2) is 140 Å². The van der Waals surface area contributed by atoms with Crippen molar-refractivity contribution in [1.82, 2.24) is 4.98 Å². The third-order valence-electron chi connectivity index (χ3n) is 6.62. The first-order valence-electron chi connectivity index (χ1n) is 11.9. The fraction of sp³-hybridized carbons (Fsp3) is 0.0333. The summed E-state index contributed by atoms with van der Waals surface area (Å²) < 4.78 is 75.4. The van der Waals surface area contributed by atoms with Crippen molar-refractivity contribution in [3.05, 3.63) is 140 Å². The molecule has 4 nitrogen and oxygen atoms in total. The molecule has 0 unspecified atom stereocenters. The Morgan fingerprint density at radius 1 is 0.615 bits per heavy atom. The Morgan fingerprint density at radius 3 is 1.44 bits per heavy atom. The quantitative estimate of drug-likeness (QED) is 0.188. The molecule has 5 aromatic rings. The molecule has 0 atom stereocenters. The van der Waals surface area contributed by atoms with Crippen LogP contribution in [0.1, 0.15) is 0 Å². The molecule has 4 aromatic carbocycles. The molecule has 0 amide bonds. The maximum absolute atomic E-state index is 14.3. The summed E-state index contributed by atoms with van der Waals surface area (Å²) in [6.07, 6.45) is 2.98. The molecule has 0 aliphatic carbocycles. The van der Waals surface area contributed by atoms with E-state index in [0.29, 0.717) is 11.1 Å². The van der Waals surface area contributed by atoms with Crippen molar-refractivity contribution >= 4 is 38.2 Å². The van der Waals surface area contributed by atoms with Crippen LogP contribution < -0.4 is 21.2 Å². The molecule has 39 heavy (non-hydrogen) atoms. The first-order chi connectivity index (χ1) is 18.7. The Balaban J connectivity index is 2.12. The third kappa shape index (κ3) is 4.25. The Morgan fingerprint density at radius 2 is 1.03 bits per heavy atom. The van der Waals surface area contributed by atoms with Crippen molar-refractivity contribution in [3.8, 4) is 11.1 Å². The summed E-state index contributed by atoms with van der Waals surface area (Å²) in [6, 6.07) is 35.4. The van der Waals surface area contributed by atoms with E-state index >= 15 is 0 Å². The molecule has 0 N–H and O–H groups in total. The van der Waals surface area contributed by atoms with E-state index in [4.69, 9.17) is 3.97 Å². The Bertz CT molecular complexity index is 1580. The van der Waals surface area contributed by atoms with Gasteiger partial charge in [-0.25, -0.2) is 0 Å². The van der Waals surface area contributed by atoms with E-state index in [1.54, 1.807) is 121 Å². The number of rotatable bonds is 7. The van der Waals surface area contributed by atoms with E-state index in [2.05, 4.69) is 4.98 Å². The summed E-state index contributed by atoms with van der Waals surface area (Å²) >= 11 is 0. The number of alkyl halides is 3. The normalized spacial score (nSPS) is 13.4. The molecule has 9 heteroatoms. The van der Waals surface area contributed by atoms with Crippen LogP contribution in [0.2, 0.25) is 0 Å². The molecule has 198 valence electrons. The van der Waals surface area contributed by atoms with Gasteiger partial charge in [-0.05, 0) is 0 Å². The van der Waals surface area contributed by atoms with Crippen molar-refractivity contribution in [2.75, 3.05) is 0 Å². The zero-order valence-electron chi connectivity index (χ0n) is 20.4. The van der Waals surface area contributed by atoms with Crippen molar-refractivity contribution in [3.63, 3.8) is 0 Å². The average molecular weight is 566 g/mol. The Labute approximate surface area is 224 Å². The minimum atomic E-state index is -6.17. The molecule has 0 fully saturated rings. The molecule has 0 saturated carbocycles. The predicted octanol–water partition coefficient (Wildman–Crippen LogP) is 5.68. The van der Waals surface area contributed by atoms with Gasteiger partial charge in [0.2, 0.25) is 0 Å². The molecule has 0 aliphatic heterocycles. The van der Waals surface area contributed by atoms with E-state index in [9.17, 15) is 21.6 Å². The van der Waals surface area contributed by atoms with E-state index in [0.717, 1.165) is 0 Å². The van der Waals surface area contributed by atoms with Crippen LogP contribution in [-0.2, 0) is 14.1 Å². The molecular weight excluding hydrogens is 542 g/mol. The zero-order chi connectivity index (χ0) is 27.6. The standard InChI is InChI=1S/C30H23F3NO3PS/c31-30(32,33)39(35,36)37-38(25-15-7-2-8-16-25,26-17-9-3-10-18-26,27-19-11-4-12-20-27)29-21-22-34-23-28(29)24-13-5-1-6-14-24/h1-23H. The summed E-state index contributed by atoms with van der Waals surface area (Å²) in [5.41, 5.74) is -4.59. The van der Waals surface area contributed by atoms with Gasteiger partial charge in [0, 0.05) is 0 Å². The molecule has 1 heterocycles. The van der Waals surface area contributed by atoms with Crippen LogP contribution in [0, 0.1) is 0 Å².